The summed E-state index contributed by atoms with van der Waals surface area (Å²) in [7, 11) is -0.331. The molecule has 0 aromatic rings. The lowest BCUT2D eigenvalue weighted by atomic mass is 10.1. The second kappa shape index (κ2) is 5.79. The Labute approximate surface area is 103 Å². The van der Waals surface area contributed by atoms with Crippen molar-refractivity contribution in [2.45, 2.75) is 32.2 Å². The normalized spacial score (nSPS) is 22.4. The van der Waals surface area contributed by atoms with Crippen molar-refractivity contribution >= 4 is 16.1 Å². The Bertz CT molecular complexity index is 367. The summed E-state index contributed by atoms with van der Waals surface area (Å²) >= 11 is 0. The molecule has 1 aliphatic rings. The maximum Gasteiger partial charge on any atom is 0.280 e. The zero-order valence-electron chi connectivity index (χ0n) is 10.6. The quantitative estimate of drug-likeness (QED) is 0.762. The molecule has 1 fully saturated rings. The summed E-state index contributed by atoms with van der Waals surface area (Å²) in [6.45, 7) is 2.25. The summed E-state index contributed by atoms with van der Waals surface area (Å²) in [6.07, 6.45) is 2.82. The van der Waals surface area contributed by atoms with Crippen LogP contribution in [0.15, 0.2) is 0 Å². The molecule has 1 saturated heterocycles. The van der Waals surface area contributed by atoms with Crippen molar-refractivity contribution in [3.05, 3.63) is 0 Å². The fourth-order valence-corrected chi connectivity index (χ4v) is 3.24. The van der Waals surface area contributed by atoms with Crippen molar-refractivity contribution in [2.24, 2.45) is 0 Å². The predicted octanol–water partition coefficient (Wildman–Crippen LogP) is -0.217. The van der Waals surface area contributed by atoms with Crippen LogP contribution in [0.1, 0.15) is 26.2 Å². The average molecular weight is 263 g/mol. The van der Waals surface area contributed by atoms with Crippen LogP contribution in [0.3, 0.4) is 0 Å². The molecule has 1 aliphatic heterocycles. The van der Waals surface area contributed by atoms with Gasteiger partial charge in [-0.15, -0.1) is 0 Å². The molecule has 6 nitrogen and oxygen atoms in total. The van der Waals surface area contributed by atoms with Crippen LogP contribution in [-0.2, 0) is 15.0 Å². The number of hydrogen-bond donors (Lipinski definition) is 1. The fraction of sp³-hybridized carbons (Fsp3) is 0.900. The topological polar surface area (TPSA) is 69.7 Å². The predicted molar refractivity (Wildman–Crippen MR) is 65.6 cm³/mol. The van der Waals surface area contributed by atoms with Crippen molar-refractivity contribution in [2.75, 3.05) is 27.2 Å². The molecule has 0 bridgehead atoms. The highest BCUT2D eigenvalue weighted by atomic mass is 32.2. The van der Waals surface area contributed by atoms with E-state index in [1.807, 2.05) is 6.92 Å². The highest BCUT2D eigenvalue weighted by molar-refractivity contribution is 7.87. The summed E-state index contributed by atoms with van der Waals surface area (Å²) in [5, 5.41) is 0. The van der Waals surface area contributed by atoms with Gasteiger partial charge in [-0.3, -0.25) is 4.79 Å². The lowest BCUT2D eigenvalue weighted by Crippen LogP contribution is -2.49. The number of carbonyl (C=O) groups excluding carboxylic acids is 1. The second-order valence-corrected chi connectivity index (χ2v) is 6.28. The molecule has 100 valence electrons. The highest BCUT2D eigenvalue weighted by Gasteiger charge is 2.29. The van der Waals surface area contributed by atoms with Crippen LogP contribution >= 0.6 is 0 Å². The maximum absolute atomic E-state index is 12.0. The van der Waals surface area contributed by atoms with Crippen LogP contribution < -0.4 is 4.72 Å². The molecule has 0 spiro atoms. The third-order valence-corrected chi connectivity index (χ3v) is 4.62. The van der Waals surface area contributed by atoms with E-state index in [1.54, 1.807) is 14.1 Å². The number of nitrogens with one attached hydrogen (secondary N) is 1. The van der Waals surface area contributed by atoms with Gasteiger partial charge in [0.15, 0.2) is 0 Å². The number of nitrogens with zero attached hydrogens (tertiary/aromatic N) is 2. The molecular weight excluding hydrogens is 242 g/mol. The Kier molecular flexibility index (Phi) is 4.91. The minimum absolute atomic E-state index is 0.00991. The molecule has 17 heavy (non-hydrogen) atoms. The maximum atomic E-state index is 12.0. The van der Waals surface area contributed by atoms with Crippen molar-refractivity contribution in [3.8, 4) is 0 Å². The van der Waals surface area contributed by atoms with Crippen LogP contribution in [-0.4, -0.2) is 56.8 Å². The van der Waals surface area contributed by atoms with Gasteiger partial charge in [-0.05, 0) is 19.8 Å². The molecule has 1 N–H and O–H groups in total. The van der Waals surface area contributed by atoms with E-state index in [9.17, 15) is 13.2 Å². The van der Waals surface area contributed by atoms with E-state index < -0.39 is 10.2 Å². The molecule has 1 amide bonds. The molecular formula is C10H21N3O3S. The zero-order valence-corrected chi connectivity index (χ0v) is 11.5. The number of hydrogen-bond acceptors (Lipinski definition) is 3. The standard InChI is InChI=1S/C10H21N3O3S/c1-9-6-4-5-7-13(9)17(15,16)11-8-10(14)12(2)3/h9,11H,4-8H2,1-3H3/t9-/m0/s1. The van der Waals surface area contributed by atoms with E-state index in [0.29, 0.717) is 6.54 Å². The molecule has 1 rings (SSSR count). The smallest absolute Gasteiger partial charge is 0.280 e. The van der Waals surface area contributed by atoms with Crippen molar-refractivity contribution < 1.29 is 13.2 Å². The molecule has 0 saturated carbocycles. The summed E-state index contributed by atoms with van der Waals surface area (Å²) in [6, 6.07) is 0.00991. The van der Waals surface area contributed by atoms with Gasteiger partial charge in [0.2, 0.25) is 5.91 Å². The summed E-state index contributed by atoms with van der Waals surface area (Å²) in [5.74, 6) is -0.252. The summed E-state index contributed by atoms with van der Waals surface area (Å²) in [5.41, 5.74) is 0. The minimum Gasteiger partial charge on any atom is -0.348 e. The van der Waals surface area contributed by atoms with Gasteiger partial charge in [0.25, 0.3) is 10.2 Å². The first kappa shape index (κ1) is 14.4. The van der Waals surface area contributed by atoms with Crippen molar-refractivity contribution in [1.29, 1.82) is 0 Å². The minimum atomic E-state index is -3.53. The van der Waals surface area contributed by atoms with E-state index >= 15 is 0 Å². The molecule has 0 aromatic carbocycles. The van der Waals surface area contributed by atoms with Gasteiger partial charge in [0.05, 0.1) is 6.54 Å². The first-order valence-electron chi connectivity index (χ1n) is 5.81. The molecule has 7 heteroatoms. The van der Waals surface area contributed by atoms with Crippen LogP contribution in [0, 0.1) is 0 Å². The van der Waals surface area contributed by atoms with Gasteiger partial charge in [-0.25, -0.2) is 0 Å². The third kappa shape index (κ3) is 3.93. The number of amides is 1. The lowest BCUT2D eigenvalue weighted by Gasteiger charge is -2.32. The van der Waals surface area contributed by atoms with Crippen LogP contribution in [0.2, 0.25) is 0 Å². The Morgan fingerprint density at radius 1 is 1.41 bits per heavy atom. The van der Waals surface area contributed by atoms with Crippen LogP contribution in [0.25, 0.3) is 0 Å². The first-order chi connectivity index (χ1) is 7.84. The van der Waals surface area contributed by atoms with E-state index in [4.69, 9.17) is 0 Å². The Morgan fingerprint density at radius 2 is 2.06 bits per heavy atom. The number of likely N-dealkylation sites (N-methyl/N-ethyl adjacent to an activating group) is 1. The first-order valence-corrected chi connectivity index (χ1v) is 7.25. The largest absolute Gasteiger partial charge is 0.348 e. The number of piperidine rings is 1. The van der Waals surface area contributed by atoms with Gasteiger partial charge in [0.1, 0.15) is 0 Å². The molecule has 1 heterocycles. The third-order valence-electron chi connectivity index (χ3n) is 2.96. The zero-order chi connectivity index (χ0) is 13.1. The van der Waals surface area contributed by atoms with E-state index in [1.165, 1.54) is 9.21 Å². The van der Waals surface area contributed by atoms with Crippen molar-refractivity contribution in [3.63, 3.8) is 0 Å². The number of carbonyl (C=O) groups is 1. The molecule has 0 radical (unpaired) electrons. The SMILES string of the molecule is C[C@H]1CCCCN1S(=O)(=O)NCC(=O)N(C)C. The van der Waals surface area contributed by atoms with Gasteiger partial charge in [0, 0.05) is 26.7 Å². The van der Waals surface area contributed by atoms with Gasteiger partial charge >= 0.3 is 0 Å². The lowest BCUT2D eigenvalue weighted by molar-refractivity contribution is -0.127. The summed E-state index contributed by atoms with van der Waals surface area (Å²) in [4.78, 5) is 12.7. The Balaban J connectivity index is 2.58. The van der Waals surface area contributed by atoms with Gasteiger partial charge in [-0.1, -0.05) is 6.42 Å². The molecule has 0 unspecified atom stereocenters. The number of rotatable bonds is 4. The average Bonchev–Trinajstić information content (AvgIpc) is 2.26. The van der Waals surface area contributed by atoms with Crippen LogP contribution in [0.4, 0.5) is 0 Å². The van der Waals surface area contributed by atoms with Crippen LogP contribution in [0.5, 0.6) is 0 Å². The molecule has 0 aromatic heterocycles. The Hall–Kier alpha value is -0.660. The Morgan fingerprint density at radius 3 is 2.59 bits per heavy atom. The molecule has 0 aliphatic carbocycles. The van der Waals surface area contributed by atoms with Gasteiger partial charge < -0.3 is 4.90 Å². The highest BCUT2D eigenvalue weighted by Crippen LogP contribution is 2.18. The monoisotopic (exact) mass is 263 g/mol. The second-order valence-electron chi connectivity index (χ2n) is 4.57. The van der Waals surface area contributed by atoms with Gasteiger partial charge in [-0.2, -0.15) is 17.4 Å². The van der Waals surface area contributed by atoms with E-state index in [2.05, 4.69) is 4.72 Å². The van der Waals surface area contributed by atoms with Crippen molar-refractivity contribution in [1.82, 2.24) is 13.9 Å². The fourth-order valence-electron chi connectivity index (χ4n) is 1.82. The molecule has 1 atom stereocenters. The van der Waals surface area contributed by atoms with E-state index in [0.717, 1.165) is 19.3 Å². The summed E-state index contributed by atoms with van der Waals surface area (Å²) < 4.78 is 27.7. The van der Waals surface area contributed by atoms with E-state index in [-0.39, 0.29) is 18.5 Å².